The Morgan fingerprint density at radius 2 is 1.93 bits per heavy atom. The molecule has 0 bridgehead atoms. The quantitative estimate of drug-likeness (QED) is 0.692. The van der Waals surface area contributed by atoms with Crippen molar-refractivity contribution < 1.29 is 9.59 Å². The molecule has 144 valence electrons. The average Bonchev–Trinajstić information content (AvgIpc) is 3.10. The normalized spacial score (nSPS) is 18.8. The molecule has 0 saturated carbocycles. The lowest BCUT2D eigenvalue weighted by atomic mass is 9.87. The summed E-state index contributed by atoms with van der Waals surface area (Å²) in [6, 6.07) is 10.7. The number of amides is 2. The number of para-hydroxylation sites is 1. The molecule has 0 fully saturated rings. The molecule has 0 unspecified atom stereocenters. The zero-order valence-corrected chi connectivity index (χ0v) is 16.5. The Bertz CT molecular complexity index is 1030. The van der Waals surface area contributed by atoms with Crippen molar-refractivity contribution in [3.05, 3.63) is 65.6 Å². The minimum absolute atomic E-state index is 0.117. The van der Waals surface area contributed by atoms with Gasteiger partial charge in [0.15, 0.2) is 0 Å². The number of hydrogen-bond donors (Lipinski definition) is 1. The minimum atomic E-state index is -0.619. The third-order valence-corrected chi connectivity index (χ3v) is 5.51. The van der Waals surface area contributed by atoms with E-state index in [0.717, 1.165) is 27.7 Å². The van der Waals surface area contributed by atoms with Crippen molar-refractivity contribution in [3.63, 3.8) is 0 Å². The number of rotatable bonds is 3. The largest absolute Gasteiger partial charge is 0.356 e. The molecule has 1 N–H and O–H groups in total. The van der Waals surface area contributed by atoms with Crippen LogP contribution in [-0.4, -0.2) is 57.6 Å². The van der Waals surface area contributed by atoms with Gasteiger partial charge in [0.1, 0.15) is 11.9 Å². The maximum absolute atomic E-state index is 13.0. The van der Waals surface area contributed by atoms with Gasteiger partial charge in [-0.05, 0) is 29.3 Å². The van der Waals surface area contributed by atoms with Crippen LogP contribution in [0.2, 0.25) is 0 Å². The van der Waals surface area contributed by atoms with Crippen LogP contribution >= 0.6 is 11.6 Å². The van der Waals surface area contributed by atoms with Crippen molar-refractivity contribution in [2.45, 2.75) is 18.5 Å². The summed E-state index contributed by atoms with van der Waals surface area (Å²) in [6.07, 6.45) is 3.83. The van der Waals surface area contributed by atoms with Crippen LogP contribution in [0.4, 0.5) is 0 Å². The molecule has 6 nitrogen and oxygen atoms in total. The number of benzene rings is 1. The van der Waals surface area contributed by atoms with Crippen molar-refractivity contribution in [1.82, 2.24) is 19.8 Å². The number of hydrogen-bond acceptors (Lipinski definition) is 3. The Morgan fingerprint density at radius 1 is 1.21 bits per heavy atom. The molecule has 1 aliphatic rings. The van der Waals surface area contributed by atoms with E-state index in [9.17, 15) is 9.59 Å². The van der Waals surface area contributed by atoms with E-state index in [2.05, 4.69) is 9.97 Å². The highest BCUT2D eigenvalue weighted by molar-refractivity contribution is 6.27. The lowest BCUT2D eigenvalue weighted by molar-refractivity contribution is -0.145. The maximum Gasteiger partial charge on any atom is 0.245 e. The lowest BCUT2D eigenvalue weighted by Gasteiger charge is -2.42. The molecule has 0 aliphatic carbocycles. The molecule has 1 aliphatic heterocycles. The van der Waals surface area contributed by atoms with Gasteiger partial charge in [-0.25, -0.2) is 0 Å². The zero-order valence-electron chi connectivity index (χ0n) is 15.7. The van der Waals surface area contributed by atoms with Gasteiger partial charge in [-0.1, -0.05) is 18.2 Å². The first-order valence-electron chi connectivity index (χ1n) is 9.10. The van der Waals surface area contributed by atoms with Gasteiger partial charge < -0.3 is 14.8 Å². The Kier molecular flexibility index (Phi) is 4.81. The highest BCUT2D eigenvalue weighted by Crippen LogP contribution is 2.41. The van der Waals surface area contributed by atoms with Crippen LogP contribution in [0.15, 0.2) is 48.8 Å². The number of halogens is 1. The summed E-state index contributed by atoms with van der Waals surface area (Å²) >= 11 is 5.95. The molecule has 0 radical (unpaired) electrons. The molecule has 3 aromatic rings. The number of fused-ring (bicyclic) bond motifs is 3. The van der Waals surface area contributed by atoms with Gasteiger partial charge >= 0.3 is 0 Å². The van der Waals surface area contributed by atoms with E-state index in [1.54, 1.807) is 31.4 Å². The number of alkyl halides is 1. The van der Waals surface area contributed by atoms with E-state index in [1.165, 1.54) is 4.90 Å². The van der Waals surface area contributed by atoms with E-state index >= 15 is 0 Å². The third-order valence-electron chi connectivity index (χ3n) is 5.28. The second kappa shape index (κ2) is 7.28. The molecule has 7 heteroatoms. The molecule has 0 saturated heterocycles. The van der Waals surface area contributed by atoms with E-state index in [-0.39, 0.29) is 17.7 Å². The van der Waals surface area contributed by atoms with Crippen LogP contribution in [0, 0.1) is 0 Å². The van der Waals surface area contributed by atoms with Gasteiger partial charge in [0.05, 0.1) is 6.04 Å². The Labute approximate surface area is 168 Å². The smallest absolute Gasteiger partial charge is 0.245 e. The van der Waals surface area contributed by atoms with E-state index in [1.807, 2.05) is 36.4 Å². The molecule has 4 rings (SSSR count). The molecule has 1 aromatic carbocycles. The number of nitrogens with one attached hydrogen (secondary N) is 1. The number of H-pyrrole nitrogens is 1. The number of likely N-dealkylation sites (N-methyl/N-ethyl adjacent to an activating group) is 1. The topological polar surface area (TPSA) is 69.3 Å². The van der Waals surface area contributed by atoms with Gasteiger partial charge in [0.25, 0.3) is 0 Å². The van der Waals surface area contributed by atoms with Crippen molar-refractivity contribution in [1.29, 1.82) is 0 Å². The van der Waals surface area contributed by atoms with Gasteiger partial charge in [-0.15, -0.1) is 11.6 Å². The van der Waals surface area contributed by atoms with Crippen molar-refractivity contribution >= 4 is 34.3 Å². The first-order valence-corrected chi connectivity index (χ1v) is 9.64. The number of aromatic nitrogens is 2. The van der Waals surface area contributed by atoms with Gasteiger partial charge in [-0.2, -0.15) is 0 Å². The third kappa shape index (κ3) is 2.94. The first-order chi connectivity index (χ1) is 13.5. The predicted molar refractivity (Wildman–Crippen MR) is 108 cm³/mol. The van der Waals surface area contributed by atoms with Crippen LogP contribution in [0.1, 0.15) is 22.9 Å². The summed E-state index contributed by atoms with van der Waals surface area (Å²) in [5, 5.41) is 1.08. The van der Waals surface area contributed by atoms with Crippen LogP contribution in [0.3, 0.4) is 0 Å². The summed E-state index contributed by atoms with van der Waals surface area (Å²) in [5.41, 5.74) is 3.87. The number of aromatic amines is 1. The predicted octanol–water partition coefficient (Wildman–Crippen LogP) is 2.73. The summed E-state index contributed by atoms with van der Waals surface area (Å²) in [6.45, 7) is 0. The fourth-order valence-electron chi connectivity index (χ4n) is 4.05. The lowest BCUT2D eigenvalue weighted by Crippen LogP contribution is -2.54. The molecule has 2 amide bonds. The molecule has 3 heterocycles. The van der Waals surface area contributed by atoms with E-state index < -0.39 is 12.1 Å². The summed E-state index contributed by atoms with van der Waals surface area (Å²) in [7, 11) is 3.41. The van der Waals surface area contributed by atoms with Crippen LogP contribution in [0.5, 0.6) is 0 Å². The second-order valence-electron chi connectivity index (χ2n) is 7.13. The van der Waals surface area contributed by atoms with Gasteiger partial charge in [-0.3, -0.25) is 14.6 Å². The Hall–Kier alpha value is -2.86. The molecule has 0 spiro atoms. The first kappa shape index (κ1) is 18.5. The number of carbonyl (C=O) groups is 2. The van der Waals surface area contributed by atoms with Crippen LogP contribution < -0.4 is 0 Å². The Morgan fingerprint density at radius 3 is 2.61 bits per heavy atom. The molecular weight excluding hydrogens is 376 g/mol. The fraction of sp³-hybridized carbons (Fsp3) is 0.286. The van der Waals surface area contributed by atoms with Crippen molar-refractivity contribution in [2.75, 3.05) is 20.0 Å². The zero-order chi connectivity index (χ0) is 19.8. The summed E-state index contributed by atoms with van der Waals surface area (Å²) in [5.74, 6) is -0.574. The van der Waals surface area contributed by atoms with Crippen LogP contribution in [0.25, 0.3) is 10.9 Å². The van der Waals surface area contributed by atoms with Crippen LogP contribution in [-0.2, 0) is 16.0 Å². The maximum atomic E-state index is 13.0. The number of carbonyl (C=O) groups excluding carboxylic acids is 2. The average molecular weight is 397 g/mol. The minimum Gasteiger partial charge on any atom is -0.356 e. The van der Waals surface area contributed by atoms with E-state index in [4.69, 9.17) is 11.6 Å². The summed E-state index contributed by atoms with van der Waals surface area (Å²) in [4.78, 5) is 36.7. The molecule has 2 atom stereocenters. The van der Waals surface area contributed by atoms with Crippen molar-refractivity contribution in [2.24, 2.45) is 0 Å². The summed E-state index contributed by atoms with van der Waals surface area (Å²) < 4.78 is 0. The monoisotopic (exact) mass is 396 g/mol. The van der Waals surface area contributed by atoms with E-state index in [0.29, 0.717) is 6.42 Å². The van der Waals surface area contributed by atoms with Gasteiger partial charge in [0, 0.05) is 49.5 Å². The number of pyridine rings is 1. The van der Waals surface area contributed by atoms with Gasteiger partial charge in [0.2, 0.25) is 11.8 Å². The standard InChI is InChI=1S/C21H21ClN4O2/c1-25(2)21(28)17-11-15-14-5-3-4-6-16(14)24-19(15)20(26(17)18(27)12-22)13-7-9-23-10-8-13/h3-10,17,20,24H,11-12H2,1-2H3/t17-,20+/m1/s1. The SMILES string of the molecule is CN(C)C(=O)[C@H]1Cc2c([nH]c3ccccc23)[C@H](c2ccncc2)N1C(=O)CCl. The molecular formula is C21H21ClN4O2. The number of nitrogens with zero attached hydrogens (tertiary/aromatic N) is 3. The highest BCUT2D eigenvalue weighted by atomic mass is 35.5. The molecule has 28 heavy (non-hydrogen) atoms. The van der Waals surface area contributed by atoms with Crippen molar-refractivity contribution in [3.8, 4) is 0 Å². The Balaban J connectivity index is 1.98. The fourth-order valence-corrected chi connectivity index (χ4v) is 4.19. The highest BCUT2D eigenvalue weighted by Gasteiger charge is 2.43. The molecule has 2 aromatic heterocycles. The second-order valence-corrected chi connectivity index (χ2v) is 7.40.